The first-order valence-corrected chi connectivity index (χ1v) is 5.95. The molecule has 0 atom stereocenters. The summed E-state index contributed by atoms with van der Waals surface area (Å²) in [5.41, 5.74) is 12.8. The van der Waals surface area contributed by atoms with Crippen molar-refractivity contribution in [1.82, 2.24) is 10.2 Å². The van der Waals surface area contributed by atoms with Gasteiger partial charge in [0.2, 0.25) is 0 Å². The first-order valence-electron chi connectivity index (χ1n) is 5.95. The van der Waals surface area contributed by atoms with Gasteiger partial charge >= 0.3 is 0 Å². The number of nitrogens with one attached hydrogen (secondary N) is 1. The van der Waals surface area contributed by atoms with E-state index in [2.05, 4.69) is 42.2 Å². The Balaban J connectivity index is 2.48. The summed E-state index contributed by atoms with van der Waals surface area (Å²) in [4.78, 5) is 0. The Bertz CT molecular complexity index is 526. The van der Waals surface area contributed by atoms with Crippen LogP contribution in [-0.4, -0.2) is 16.7 Å². The number of aryl methyl sites for hydroxylation is 3. The molecule has 0 aliphatic rings. The van der Waals surface area contributed by atoms with Gasteiger partial charge in [0.05, 0.1) is 5.69 Å². The van der Waals surface area contributed by atoms with Crippen LogP contribution in [0.3, 0.4) is 0 Å². The van der Waals surface area contributed by atoms with Gasteiger partial charge in [-0.1, -0.05) is 12.1 Å². The molecular weight excluding hydrogens is 210 g/mol. The summed E-state index contributed by atoms with van der Waals surface area (Å²) < 4.78 is 0. The summed E-state index contributed by atoms with van der Waals surface area (Å²) in [7, 11) is 0. The van der Waals surface area contributed by atoms with Crippen LogP contribution in [0, 0.1) is 20.8 Å². The van der Waals surface area contributed by atoms with Crippen LogP contribution >= 0.6 is 0 Å². The highest BCUT2D eigenvalue weighted by Gasteiger charge is 2.11. The largest absolute Gasteiger partial charge is 0.330 e. The van der Waals surface area contributed by atoms with Gasteiger partial charge in [-0.25, -0.2) is 0 Å². The molecular formula is C14H19N3. The van der Waals surface area contributed by atoms with Crippen molar-refractivity contribution in [3.63, 3.8) is 0 Å². The van der Waals surface area contributed by atoms with Gasteiger partial charge in [-0.15, -0.1) is 0 Å². The molecule has 0 aliphatic carbocycles. The predicted octanol–water partition coefficient (Wildman–Crippen LogP) is 2.50. The van der Waals surface area contributed by atoms with Crippen LogP contribution in [0.15, 0.2) is 18.2 Å². The van der Waals surface area contributed by atoms with Crippen LogP contribution in [0.2, 0.25) is 0 Å². The van der Waals surface area contributed by atoms with Crippen LogP contribution in [-0.2, 0) is 6.42 Å². The van der Waals surface area contributed by atoms with E-state index in [1.807, 2.05) is 6.92 Å². The number of H-pyrrole nitrogens is 1. The lowest BCUT2D eigenvalue weighted by atomic mass is 10.00. The zero-order valence-corrected chi connectivity index (χ0v) is 10.7. The molecule has 0 unspecified atom stereocenters. The molecule has 3 nitrogen and oxygen atoms in total. The van der Waals surface area contributed by atoms with Gasteiger partial charge < -0.3 is 5.73 Å². The molecule has 3 heteroatoms. The minimum absolute atomic E-state index is 0.651. The third kappa shape index (κ3) is 2.24. The molecule has 90 valence electrons. The fourth-order valence-electron chi connectivity index (χ4n) is 2.03. The van der Waals surface area contributed by atoms with E-state index < -0.39 is 0 Å². The standard InChI is InChI=1S/C14H19N3/c1-9-4-5-12(8-10(9)2)14-13(6-7-15)11(3)16-17-14/h4-5,8H,6-7,15H2,1-3H3,(H,16,17). The van der Waals surface area contributed by atoms with E-state index in [-0.39, 0.29) is 0 Å². The highest BCUT2D eigenvalue weighted by molar-refractivity contribution is 5.65. The molecule has 0 spiro atoms. The predicted molar refractivity (Wildman–Crippen MR) is 71.0 cm³/mol. The summed E-state index contributed by atoms with van der Waals surface area (Å²) >= 11 is 0. The topological polar surface area (TPSA) is 54.7 Å². The second-order valence-corrected chi connectivity index (χ2v) is 4.51. The Morgan fingerprint density at radius 1 is 1.18 bits per heavy atom. The van der Waals surface area contributed by atoms with E-state index in [4.69, 9.17) is 5.73 Å². The molecule has 0 saturated carbocycles. The number of aromatic nitrogens is 2. The molecule has 1 aromatic carbocycles. The number of hydrogen-bond donors (Lipinski definition) is 2. The highest BCUT2D eigenvalue weighted by Crippen LogP contribution is 2.25. The molecule has 2 aromatic rings. The first-order chi connectivity index (χ1) is 8.13. The third-order valence-electron chi connectivity index (χ3n) is 3.25. The molecule has 2 rings (SSSR count). The van der Waals surface area contributed by atoms with E-state index >= 15 is 0 Å². The fraction of sp³-hybridized carbons (Fsp3) is 0.357. The Hall–Kier alpha value is -1.61. The number of aromatic amines is 1. The van der Waals surface area contributed by atoms with Crippen molar-refractivity contribution in [2.45, 2.75) is 27.2 Å². The molecule has 1 heterocycles. The lowest BCUT2D eigenvalue weighted by Gasteiger charge is -2.05. The first kappa shape index (κ1) is 11.9. The minimum atomic E-state index is 0.651. The zero-order valence-electron chi connectivity index (χ0n) is 10.7. The molecule has 1 aromatic heterocycles. The van der Waals surface area contributed by atoms with E-state index in [1.165, 1.54) is 22.3 Å². The molecule has 0 saturated heterocycles. The Kier molecular flexibility index (Phi) is 3.29. The highest BCUT2D eigenvalue weighted by atomic mass is 15.1. The molecule has 0 radical (unpaired) electrons. The van der Waals surface area contributed by atoms with Gasteiger partial charge in [0.15, 0.2) is 0 Å². The van der Waals surface area contributed by atoms with Gasteiger partial charge in [0.25, 0.3) is 0 Å². The maximum atomic E-state index is 5.65. The van der Waals surface area contributed by atoms with Crippen molar-refractivity contribution >= 4 is 0 Å². The van der Waals surface area contributed by atoms with Gasteiger partial charge in [0.1, 0.15) is 0 Å². The number of nitrogens with zero attached hydrogens (tertiary/aromatic N) is 1. The third-order valence-corrected chi connectivity index (χ3v) is 3.25. The van der Waals surface area contributed by atoms with Crippen LogP contribution in [0.4, 0.5) is 0 Å². The van der Waals surface area contributed by atoms with Crippen molar-refractivity contribution in [3.8, 4) is 11.3 Å². The average molecular weight is 229 g/mol. The normalized spacial score (nSPS) is 10.8. The van der Waals surface area contributed by atoms with Crippen molar-refractivity contribution < 1.29 is 0 Å². The Morgan fingerprint density at radius 2 is 1.94 bits per heavy atom. The lowest BCUT2D eigenvalue weighted by Crippen LogP contribution is -2.04. The smallest absolute Gasteiger partial charge is 0.0955 e. The van der Waals surface area contributed by atoms with Crippen molar-refractivity contribution in [1.29, 1.82) is 0 Å². The summed E-state index contributed by atoms with van der Waals surface area (Å²) in [5.74, 6) is 0. The maximum absolute atomic E-state index is 5.65. The molecule has 3 N–H and O–H groups in total. The minimum Gasteiger partial charge on any atom is -0.330 e. The Labute approximate surface area is 102 Å². The van der Waals surface area contributed by atoms with Crippen LogP contribution in [0.5, 0.6) is 0 Å². The second-order valence-electron chi connectivity index (χ2n) is 4.51. The van der Waals surface area contributed by atoms with Crippen molar-refractivity contribution in [3.05, 3.63) is 40.6 Å². The van der Waals surface area contributed by atoms with E-state index in [1.54, 1.807) is 0 Å². The van der Waals surface area contributed by atoms with Gasteiger partial charge in [-0.05, 0) is 50.9 Å². The maximum Gasteiger partial charge on any atom is 0.0955 e. The lowest BCUT2D eigenvalue weighted by molar-refractivity contribution is 0.957. The monoisotopic (exact) mass is 229 g/mol. The number of hydrogen-bond acceptors (Lipinski definition) is 2. The summed E-state index contributed by atoms with van der Waals surface area (Å²) in [6.45, 7) is 6.94. The quantitative estimate of drug-likeness (QED) is 0.849. The van der Waals surface area contributed by atoms with Crippen molar-refractivity contribution in [2.75, 3.05) is 6.54 Å². The summed E-state index contributed by atoms with van der Waals surface area (Å²) in [6.07, 6.45) is 0.866. The van der Waals surface area contributed by atoms with Gasteiger partial charge in [-0.2, -0.15) is 5.10 Å². The molecule has 0 bridgehead atoms. The Morgan fingerprint density at radius 3 is 2.59 bits per heavy atom. The summed E-state index contributed by atoms with van der Waals surface area (Å²) in [6, 6.07) is 6.45. The molecule has 17 heavy (non-hydrogen) atoms. The molecule has 0 fully saturated rings. The summed E-state index contributed by atoms with van der Waals surface area (Å²) in [5, 5.41) is 7.44. The van der Waals surface area contributed by atoms with Crippen LogP contribution in [0.1, 0.15) is 22.4 Å². The fourth-order valence-corrected chi connectivity index (χ4v) is 2.03. The van der Waals surface area contributed by atoms with Gasteiger partial charge in [-0.3, -0.25) is 5.10 Å². The van der Waals surface area contributed by atoms with Crippen LogP contribution in [0.25, 0.3) is 11.3 Å². The van der Waals surface area contributed by atoms with E-state index in [0.717, 1.165) is 17.8 Å². The number of rotatable bonds is 3. The van der Waals surface area contributed by atoms with Crippen molar-refractivity contribution in [2.24, 2.45) is 5.73 Å². The van der Waals surface area contributed by atoms with E-state index in [9.17, 15) is 0 Å². The molecule has 0 amide bonds. The zero-order chi connectivity index (χ0) is 12.4. The van der Waals surface area contributed by atoms with E-state index in [0.29, 0.717) is 6.54 Å². The number of nitrogens with two attached hydrogens (primary N) is 1. The second kappa shape index (κ2) is 4.72. The van der Waals surface area contributed by atoms with Crippen LogP contribution < -0.4 is 5.73 Å². The number of benzene rings is 1. The van der Waals surface area contributed by atoms with Gasteiger partial charge in [0, 0.05) is 16.8 Å². The molecule has 0 aliphatic heterocycles. The average Bonchev–Trinajstić information content (AvgIpc) is 2.66. The SMILES string of the molecule is Cc1ccc(-c2n[nH]c(C)c2CCN)cc1C.